The lowest BCUT2D eigenvalue weighted by Gasteiger charge is -2.05. The zero-order valence-electron chi connectivity index (χ0n) is 16.8. The van der Waals surface area contributed by atoms with Gasteiger partial charge in [0.1, 0.15) is 0 Å². The summed E-state index contributed by atoms with van der Waals surface area (Å²) in [5, 5.41) is 0. The quantitative estimate of drug-likeness (QED) is 0.344. The molecule has 3 aromatic rings. The van der Waals surface area contributed by atoms with Crippen LogP contribution in [0.2, 0.25) is 0 Å². The van der Waals surface area contributed by atoms with E-state index in [-0.39, 0.29) is 0 Å². The van der Waals surface area contributed by atoms with Gasteiger partial charge >= 0.3 is 0 Å². The van der Waals surface area contributed by atoms with Gasteiger partial charge in [0.05, 0.1) is 0 Å². The minimum absolute atomic E-state index is 1.00. The predicted octanol–water partition coefficient (Wildman–Crippen LogP) is 6.86. The summed E-state index contributed by atoms with van der Waals surface area (Å²) in [5.74, 6) is 12.4. The number of hydrogen-bond donors (Lipinski definition) is 0. The number of aryl methyl sites for hydroxylation is 1. The summed E-state index contributed by atoms with van der Waals surface area (Å²) in [7, 11) is 0. The molecule has 0 radical (unpaired) electrons. The highest BCUT2D eigenvalue weighted by Crippen LogP contribution is 2.21. The summed E-state index contributed by atoms with van der Waals surface area (Å²) in [6.45, 7) is 4.09. The molecule has 3 aromatic carbocycles. The molecule has 0 aliphatic rings. The maximum Gasteiger partial charge on any atom is 0.0249 e. The van der Waals surface area contributed by atoms with Gasteiger partial charge < -0.3 is 0 Å². The third-order valence-corrected chi connectivity index (χ3v) is 4.75. The van der Waals surface area contributed by atoms with Crippen molar-refractivity contribution in [1.29, 1.82) is 0 Å². The van der Waals surface area contributed by atoms with Crippen LogP contribution in [0, 0.1) is 23.7 Å². The SMILES string of the molecule is CC#Cc1ccc(C#Cc2ccc(-c3ccc(CCCCC)cc3)cc2)cc1. The van der Waals surface area contributed by atoms with Crippen molar-refractivity contribution in [2.45, 2.75) is 39.5 Å². The fraction of sp³-hybridized carbons (Fsp3) is 0.214. The third kappa shape index (κ3) is 5.64. The molecule has 0 bridgehead atoms. The Morgan fingerprint density at radius 1 is 0.571 bits per heavy atom. The molecule has 0 aromatic heterocycles. The van der Waals surface area contributed by atoms with Gasteiger partial charge in [-0.15, -0.1) is 5.92 Å². The molecule has 0 saturated heterocycles. The van der Waals surface area contributed by atoms with Crippen molar-refractivity contribution >= 4 is 0 Å². The van der Waals surface area contributed by atoms with Crippen molar-refractivity contribution < 1.29 is 0 Å². The molecule has 0 fully saturated rings. The van der Waals surface area contributed by atoms with Gasteiger partial charge in [-0.3, -0.25) is 0 Å². The summed E-state index contributed by atoms with van der Waals surface area (Å²) in [6.07, 6.45) is 5.03. The summed E-state index contributed by atoms with van der Waals surface area (Å²) in [4.78, 5) is 0. The Balaban J connectivity index is 1.65. The van der Waals surface area contributed by atoms with Gasteiger partial charge in [-0.25, -0.2) is 0 Å². The van der Waals surface area contributed by atoms with E-state index in [0.29, 0.717) is 0 Å². The van der Waals surface area contributed by atoms with Gasteiger partial charge in [-0.2, -0.15) is 0 Å². The summed E-state index contributed by atoms with van der Waals surface area (Å²) in [6, 6.07) is 25.5. The molecule has 0 spiro atoms. The van der Waals surface area contributed by atoms with Gasteiger partial charge in [-0.1, -0.05) is 73.9 Å². The van der Waals surface area contributed by atoms with Crippen LogP contribution in [0.4, 0.5) is 0 Å². The van der Waals surface area contributed by atoms with Gasteiger partial charge in [0.25, 0.3) is 0 Å². The Labute approximate surface area is 169 Å². The highest BCUT2D eigenvalue weighted by Gasteiger charge is 1.99. The molecule has 0 heterocycles. The Bertz CT molecular complexity index is 996. The standard InChI is InChI=1S/C28H26/c1-3-5-6-8-24-15-19-27(20-16-24)28-21-17-26(18-22-28)14-13-25-11-9-23(7-4-2)10-12-25/h9-12,15-22H,3,5-6,8H2,1-2H3. The van der Waals surface area contributed by atoms with E-state index >= 15 is 0 Å². The maximum absolute atomic E-state index is 3.24. The zero-order valence-corrected chi connectivity index (χ0v) is 16.8. The van der Waals surface area contributed by atoms with Crippen LogP contribution < -0.4 is 0 Å². The minimum Gasteiger partial charge on any atom is -0.101 e. The zero-order chi connectivity index (χ0) is 19.6. The van der Waals surface area contributed by atoms with E-state index in [4.69, 9.17) is 0 Å². The molecular weight excluding hydrogens is 336 g/mol. The van der Waals surface area contributed by atoms with Gasteiger partial charge in [0, 0.05) is 16.7 Å². The van der Waals surface area contributed by atoms with Crippen LogP contribution >= 0.6 is 0 Å². The van der Waals surface area contributed by atoms with Crippen molar-refractivity contribution in [3.63, 3.8) is 0 Å². The summed E-state index contributed by atoms with van der Waals surface area (Å²) in [5.41, 5.74) is 6.96. The number of unbranched alkanes of at least 4 members (excludes halogenated alkanes) is 2. The molecule has 0 amide bonds. The van der Waals surface area contributed by atoms with Crippen molar-refractivity contribution in [3.05, 3.63) is 95.1 Å². The average molecular weight is 363 g/mol. The fourth-order valence-corrected chi connectivity index (χ4v) is 3.11. The van der Waals surface area contributed by atoms with E-state index in [9.17, 15) is 0 Å². The van der Waals surface area contributed by atoms with Crippen LogP contribution in [0.25, 0.3) is 11.1 Å². The predicted molar refractivity (Wildman–Crippen MR) is 120 cm³/mol. The summed E-state index contributed by atoms with van der Waals surface area (Å²) >= 11 is 0. The average Bonchev–Trinajstić information content (AvgIpc) is 2.75. The van der Waals surface area contributed by atoms with Crippen molar-refractivity contribution in [1.82, 2.24) is 0 Å². The number of rotatable bonds is 5. The fourth-order valence-electron chi connectivity index (χ4n) is 3.11. The van der Waals surface area contributed by atoms with Crippen LogP contribution in [0.3, 0.4) is 0 Å². The maximum atomic E-state index is 3.24. The first-order valence-corrected chi connectivity index (χ1v) is 10.0. The highest BCUT2D eigenvalue weighted by molar-refractivity contribution is 5.64. The first-order chi connectivity index (χ1) is 13.8. The van der Waals surface area contributed by atoms with E-state index in [1.165, 1.54) is 42.4 Å². The third-order valence-electron chi connectivity index (χ3n) is 4.75. The Hall–Kier alpha value is -3.22. The van der Waals surface area contributed by atoms with E-state index in [1.807, 2.05) is 31.2 Å². The van der Waals surface area contributed by atoms with Gasteiger partial charge in [0.15, 0.2) is 0 Å². The monoisotopic (exact) mass is 362 g/mol. The number of benzene rings is 3. The molecule has 138 valence electrons. The van der Waals surface area contributed by atoms with Crippen LogP contribution in [-0.4, -0.2) is 0 Å². The Kier molecular flexibility index (Phi) is 7.12. The smallest absolute Gasteiger partial charge is 0.0249 e. The molecule has 0 heteroatoms. The van der Waals surface area contributed by atoms with Crippen LogP contribution in [-0.2, 0) is 6.42 Å². The molecule has 0 atom stereocenters. The highest BCUT2D eigenvalue weighted by atomic mass is 14.0. The molecule has 0 nitrogen and oxygen atoms in total. The molecular formula is C28H26. The number of hydrogen-bond acceptors (Lipinski definition) is 0. The Morgan fingerprint density at radius 2 is 1.04 bits per heavy atom. The van der Waals surface area contributed by atoms with Crippen LogP contribution in [0.5, 0.6) is 0 Å². The molecule has 0 aliphatic heterocycles. The molecule has 3 rings (SSSR count). The second-order valence-corrected chi connectivity index (χ2v) is 6.93. The molecule has 28 heavy (non-hydrogen) atoms. The second-order valence-electron chi connectivity index (χ2n) is 6.93. The topological polar surface area (TPSA) is 0 Å². The lowest BCUT2D eigenvalue weighted by atomic mass is 10.0. The normalized spacial score (nSPS) is 9.79. The lowest BCUT2D eigenvalue weighted by molar-refractivity contribution is 0.717. The molecule has 0 aliphatic carbocycles. The molecule has 0 N–H and O–H groups in total. The Morgan fingerprint density at radius 3 is 1.54 bits per heavy atom. The van der Waals surface area contributed by atoms with E-state index in [2.05, 4.69) is 79.1 Å². The second kappa shape index (κ2) is 10.2. The van der Waals surface area contributed by atoms with Gasteiger partial charge in [-0.05, 0) is 72.9 Å². The van der Waals surface area contributed by atoms with Crippen molar-refractivity contribution in [3.8, 4) is 34.8 Å². The molecule has 0 saturated carbocycles. The van der Waals surface area contributed by atoms with Crippen LogP contribution in [0.15, 0.2) is 72.8 Å². The largest absolute Gasteiger partial charge is 0.101 e. The summed E-state index contributed by atoms with van der Waals surface area (Å²) < 4.78 is 0. The first kappa shape index (κ1) is 19.5. The van der Waals surface area contributed by atoms with Crippen molar-refractivity contribution in [2.75, 3.05) is 0 Å². The van der Waals surface area contributed by atoms with E-state index in [1.54, 1.807) is 0 Å². The first-order valence-electron chi connectivity index (χ1n) is 10.0. The minimum atomic E-state index is 1.00. The van der Waals surface area contributed by atoms with Crippen molar-refractivity contribution in [2.24, 2.45) is 0 Å². The lowest BCUT2D eigenvalue weighted by Crippen LogP contribution is -1.86. The van der Waals surface area contributed by atoms with Gasteiger partial charge in [0.2, 0.25) is 0 Å². The molecule has 0 unspecified atom stereocenters. The van der Waals surface area contributed by atoms with Crippen LogP contribution in [0.1, 0.15) is 55.4 Å². The van der Waals surface area contributed by atoms with E-state index < -0.39 is 0 Å². The van der Waals surface area contributed by atoms with E-state index in [0.717, 1.165) is 16.7 Å².